The van der Waals surface area contributed by atoms with Crippen LogP contribution in [0.1, 0.15) is 50.5 Å². The zero-order valence-electron chi connectivity index (χ0n) is 24.0. The lowest BCUT2D eigenvalue weighted by Gasteiger charge is -2.14. The van der Waals surface area contributed by atoms with Crippen LogP contribution < -0.4 is 20.1 Å². The van der Waals surface area contributed by atoms with Crippen LogP contribution in [0.4, 0.5) is 5.69 Å². The molecule has 40 heavy (non-hydrogen) atoms. The van der Waals surface area contributed by atoms with Crippen LogP contribution in [-0.4, -0.2) is 56.9 Å². The highest BCUT2D eigenvalue weighted by atomic mass is 16.2. The number of fused-ring (bicyclic) bond motifs is 2. The van der Waals surface area contributed by atoms with Crippen molar-refractivity contribution in [1.82, 2.24) is 15.5 Å². The Hall–Kier alpha value is -3.78. The second-order valence-corrected chi connectivity index (χ2v) is 10.7. The molecule has 3 amide bonds. The molecule has 8 nitrogen and oxygen atoms in total. The number of pyridine rings is 1. The van der Waals surface area contributed by atoms with Gasteiger partial charge in [0, 0.05) is 87.3 Å². The number of benzene rings is 2. The van der Waals surface area contributed by atoms with Gasteiger partial charge in [-0.1, -0.05) is 6.07 Å². The van der Waals surface area contributed by atoms with Gasteiger partial charge in [-0.3, -0.25) is 19.3 Å². The van der Waals surface area contributed by atoms with E-state index in [-0.39, 0.29) is 17.7 Å². The molecule has 3 aromatic rings. The first-order chi connectivity index (χ1) is 19.4. The summed E-state index contributed by atoms with van der Waals surface area (Å²) in [5.74, 6) is -0.380. The zero-order valence-corrected chi connectivity index (χ0v) is 24.0. The van der Waals surface area contributed by atoms with Crippen molar-refractivity contribution in [3.8, 4) is 0 Å². The van der Waals surface area contributed by atoms with Gasteiger partial charge < -0.3 is 15.5 Å². The van der Waals surface area contributed by atoms with E-state index in [9.17, 15) is 14.4 Å². The van der Waals surface area contributed by atoms with Gasteiger partial charge in [0.1, 0.15) is 6.54 Å². The Morgan fingerprint density at radius 3 is 2.27 bits per heavy atom. The molecule has 0 aliphatic carbocycles. The third-order valence-corrected chi connectivity index (χ3v) is 7.47. The standard InChI is InChI=1S/C32H41N5O3/c1-33-23-24-11-12-25-21-26-13-14-27(35(2)3)22-29(26)36(28(25)20-24)18-8-4-6-10-30(38)34-17-7-5-9-19-37-31(39)15-16-32(37)40/h11-16,20-22,33H,4-10,17-19,23H2,1-3H3/p+1. The maximum Gasteiger partial charge on any atom is 0.253 e. The van der Waals surface area contributed by atoms with Crippen LogP contribution in [-0.2, 0) is 27.5 Å². The van der Waals surface area contributed by atoms with Gasteiger partial charge in [-0.2, -0.15) is 4.57 Å². The van der Waals surface area contributed by atoms with Crippen LogP contribution in [0.5, 0.6) is 0 Å². The molecule has 212 valence electrons. The fourth-order valence-corrected chi connectivity index (χ4v) is 5.24. The molecule has 0 bridgehead atoms. The first kappa shape index (κ1) is 29.2. The number of nitrogens with one attached hydrogen (secondary N) is 2. The molecule has 2 heterocycles. The number of nitrogens with zero attached hydrogens (tertiary/aromatic N) is 3. The molecule has 1 aromatic heterocycles. The number of unbranched alkanes of at least 4 members (excludes halogenated alkanes) is 4. The van der Waals surface area contributed by atoms with E-state index in [2.05, 4.69) is 76.7 Å². The maximum atomic E-state index is 12.3. The number of imide groups is 1. The first-order valence-corrected chi connectivity index (χ1v) is 14.4. The van der Waals surface area contributed by atoms with Crippen molar-refractivity contribution in [3.63, 3.8) is 0 Å². The summed E-state index contributed by atoms with van der Waals surface area (Å²) in [6.07, 6.45) is 8.44. The number of amides is 3. The molecule has 0 fully saturated rings. The van der Waals surface area contributed by atoms with Crippen molar-refractivity contribution < 1.29 is 19.0 Å². The van der Waals surface area contributed by atoms with Crippen molar-refractivity contribution in [1.29, 1.82) is 0 Å². The minimum absolute atomic E-state index is 0.0877. The number of carbonyl (C=O) groups is 3. The minimum atomic E-state index is -0.234. The summed E-state index contributed by atoms with van der Waals surface area (Å²) in [6, 6.07) is 15.6. The van der Waals surface area contributed by atoms with Crippen molar-refractivity contribution in [2.75, 3.05) is 39.1 Å². The molecule has 0 saturated carbocycles. The fraction of sp³-hybridized carbons (Fsp3) is 0.438. The molecule has 1 aliphatic rings. The largest absolute Gasteiger partial charge is 0.377 e. The Morgan fingerprint density at radius 1 is 0.850 bits per heavy atom. The number of carbonyl (C=O) groups excluding carboxylic acids is 3. The summed E-state index contributed by atoms with van der Waals surface area (Å²) in [4.78, 5) is 38.9. The molecule has 0 unspecified atom stereocenters. The highest BCUT2D eigenvalue weighted by molar-refractivity contribution is 6.12. The molecule has 8 heteroatoms. The number of aromatic nitrogens is 1. The summed E-state index contributed by atoms with van der Waals surface area (Å²) < 4.78 is 2.44. The molecular formula is C32H42N5O3+. The first-order valence-electron chi connectivity index (χ1n) is 14.4. The average molecular weight is 545 g/mol. The Labute approximate surface area is 237 Å². The Bertz CT molecular complexity index is 1380. The number of hydrogen-bond donors (Lipinski definition) is 2. The normalized spacial score (nSPS) is 13.1. The van der Waals surface area contributed by atoms with Crippen LogP contribution in [0.15, 0.2) is 54.6 Å². The molecule has 2 aromatic carbocycles. The summed E-state index contributed by atoms with van der Waals surface area (Å²) in [5.41, 5.74) is 4.91. The summed E-state index contributed by atoms with van der Waals surface area (Å²) in [5, 5.41) is 8.73. The molecule has 0 spiro atoms. The van der Waals surface area contributed by atoms with Gasteiger partial charge in [0.2, 0.25) is 16.9 Å². The zero-order chi connectivity index (χ0) is 28.5. The van der Waals surface area contributed by atoms with Gasteiger partial charge >= 0.3 is 0 Å². The Balaban J connectivity index is 1.26. The molecule has 1 aliphatic heterocycles. The lowest BCUT2D eigenvalue weighted by molar-refractivity contribution is -0.645. The molecule has 0 radical (unpaired) electrons. The predicted molar refractivity (Wildman–Crippen MR) is 160 cm³/mol. The quantitative estimate of drug-likeness (QED) is 0.131. The van der Waals surface area contributed by atoms with Crippen LogP contribution in [0.2, 0.25) is 0 Å². The van der Waals surface area contributed by atoms with Crippen molar-refractivity contribution in [2.45, 2.75) is 58.0 Å². The predicted octanol–water partition coefficient (Wildman–Crippen LogP) is 3.84. The van der Waals surface area contributed by atoms with Gasteiger partial charge in [-0.15, -0.1) is 0 Å². The van der Waals surface area contributed by atoms with E-state index >= 15 is 0 Å². The lowest BCUT2D eigenvalue weighted by atomic mass is 10.1. The second-order valence-electron chi connectivity index (χ2n) is 10.7. The third-order valence-electron chi connectivity index (χ3n) is 7.47. The third kappa shape index (κ3) is 7.45. The Morgan fingerprint density at radius 2 is 1.55 bits per heavy atom. The average Bonchev–Trinajstić information content (AvgIpc) is 3.26. The van der Waals surface area contributed by atoms with E-state index < -0.39 is 0 Å². The van der Waals surface area contributed by atoms with Crippen molar-refractivity contribution in [3.05, 3.63) is 60.2 Å². The van der Waals surface area contributed by atoms with E-state index in [0.717, 1.165) is 51.6 Å². The number of hydrogen-bond acceptors (Lipinski definition) is 5. The molecule has 4 rings (SSSR count). The highest BCUT2D eigenvalue weighted by Gasteiger charge is 2.22. The van der Waals surface area contributed by atoms with Gasteiger partial charge in [-0.25, -0.2) is 0 Å². The van der Waals surface area contributed by atoms with E-state index in [4.69, 9.17) is 0 Å². The van der Waals surface area contributed by atoms with Crippen molar-refractivity contribution in [2.24, 2.45) is 0 Å². The highest BCUT2D eigenvalue weighted by Crippen LogP contribution is 2.24. The molecule has 0 saturated heterocycles. The summed E-state index contributed by atoms with van der Waals surface area (Å²) >= 11 is 0. The summed E-state index contributed by atoms with van der Waals surface area (Å²) in [7, 11) is 6.11. The van der Waals surface area contributed by atoms with Crippen molar-refractivity contribution >= 4 is 45.2 Å². The second kappa shape index (κ2) is 14.0. The number of rotatable bonds is 15. The smallest absolute Gasteiger partial charge is 0.253 e. The Kier molecular flexibility index (Phi) is 10.2. The van der Waals surface area contributed by atoms with E-state index in [1.165, 1.54) is 50.1 Å². The van der Waals surface area contributed by atoms with Crippen LogP contribution in [0, 0.1) is 0 Å². The number of aryl methyl sites for hydroxylation is 1. The van der Waals surface area contributed by atoms with Crippen LogP contribution in [0.25, 0.3) is 21.8 Å². The molecule has 0 atom stereocenters. The van der Waals surface area contributed by atoms with E-state index in [1.54, 1.807) is 0 Å². The molecular weight excluding hydrogens is 502 g/mol. The lowest BCUT2D eigenvalue weighted by Crippen LogP contribution is -2.36. The van der Waals surface area contributed by atoms with Gasteiger partial charge in [0.25, 0.3) is 11.8 Å². The summed E-state index contributed by atoms with van der Waals surface area (Å²) in [6.45, 7) is 2.79. The van der Waals surface area contributed by atoms with Gasteiger partial charge in [0.15, 0.2) is 0 Å². The maximum absolute atomic E-state index is 12.3. The van der Waals surface area contributed by atoms with Gasteiger partial charge in [-0.05, 0) is 69.0 Å². The minimum Gasteiger partial charge on any atom is -0.377 e. The van der Waals surface area contributed by atoms with Gasteiger partial charge in [0.05, 0.1) is 0 Å². The SMILES string of the molecule is CNCc1ccc2cc3ccc(N(C)C)cc3[n+](CCCCCC(=O)NCCCCCN3C(=O)C=CC3=O)c2c1. The van der Waals surface area contributed by atoms with E-state index in [0.29, 0.717) is 19.5 Å². The van der Waals surface area contributed by atoms with Crippen LogP contribution >= 0.6 is 0 Å². The molecule has 2 N–H and O–H groups in total. The van der Waals surface area contributed by atoms with E-state index in [1.807, 2.05) is 7.05 Å². The van der Waals surface area contributed by atoms with Crippen LogP contribution in [0.3, 0.4) is 0 Å². The topological polar surface area (TPSA) is 85.6 Å². The monoisotopic (exact) mass is 544 g/mol. The number of anilines is 1. The fourth-order valence-electron chi connectivity index (χ4n) is 5.24.